The summed E-state index contributed by atoms with van der Waals surface area (Å²) in [6, 6.07) is 1.43. The minimum atomic E-state index is -1.57. The third-order valence-corrected chi connectivity index (χ3v) is 2.91. The predicted octanol–water partition coefficient (Wildman–Crippen LogP) is 1.55. The second kappa shape index (κ2) is 5.58. The molecular weight excluding hydrogens is 261 g/mol. The van der Waals surface area contributed by atoms with E-state index in [0.717, 1.165) is 0 Å². The Morgan fingerprint density at radius 2 is 1.95 bits per heavy atom. The van der Waals surface area contributed by atoms with Crippen LogP contribution in [0.5, 0.6) is 0 Å². The molecule has 7 heteroatoms. The van der Waals surface area contributed by atoms with Crippen molar-refractivity contribution in [2.24, 2.45) is 5.73 Å². The van der Waals surface area contributed by atoms with Crippen molar-refractivity contribution in [3.63, 3.8) is 0 Å². The number of halogens is 3. The molecule has 104 valence electrons. The van der Waals surface area contributed by atoms with Crippen molar-refractivity contribution in [1.82, 2.24) is 0 Å². The Balaban J connectivity index is 2.03. The molecule has 19 heavy (non-hydrogen) atoms. The standard InChI is InChI=1S/C12H13F3N2O2/c13-8-3-6(4-9(14)11(8)15)17-12(18)10-2-1-7(5-16)19-10/h3-4,7,10H,1-2,5,16H2,(H,17,18). The zero-order valence-electron chi connectivity index (χ0n) is 9.96. The Bertz CT molecular complexity index is 473. The van der Waals surface area contributed by atoms with Crippen LogP contribution in [-0.2, 0) is 9.53 Å². The molecule has 1 aliphatic rings. The number of anilines is 1. The maximum absolute atomic E-state index is 13.0. The molecule has 1 aliphatic heterocycles. The molecule has 1 aromatic carbocycles. The lowest BCUT2D eigenvalue weighted by Crippen LogP contribution is -2.29. The molecule has 2 unspecified atom stereocenters. The summed E-state index contributed by atoms with van der Waals surface area (Å²) in [4.78, 5) is 11.8. The number of nitrogens with two attached hydrogens (primary N) is 1. The monoisotopic (exact) mass is 274 g/mol. The number of hydrogen-bond acceptors (Lipinski definition) is 3. The van der Waals surface area contributed by atoms with Crippen LogP contribution < -0.4 is 11.1 Å². The van der Waals surface area contributed by atoms with Gasteiger partial charge in [0.1, 0.15) is 6.10 Å². The van der Waals surface area contributed by atoms with Crippen LogP contribution in [-0.4, -0.2) is 24.7 Å². The molecule has 1 fully saturated rings. The van der Waals surface area contributed by atoms with E-state index in [1.54, 1.807) is 0 Å². The highest BCUT2D eigenvalue weighted by Gasteiger charge is 2.30. The molecule has 0 saturated carbocycles. The van der Waals surface area contributed by atoms with Gasteiger partial charge < -0.3 is 15.8 Å². The van der Waals surface area contributed by atoms with E-state index in [1.165, 1.54) is 0 Å². The maximum atomic E-state index is 13.0. The number of rotatable bonds is 3. The molecule has 4 nitrogen and oxygen atoms in total. The van der Waals surface area contributed by atoms with E-state index in [4.69, 9.17) is 10.5 Å². The van der Waals surface area contributed by atoms with E-state index < -0.39 is 29.5 Å². The molecular formula is C12H13F3N2O2. The van der Waals surface area contributed by atoms with Gasteiger partial charge in [0.05, 0.1) is 6.10 Å². The first-order chi connectivity index (χ1) is 9.01. The summed E-state index contributed by atoms with van der Waals surface area (Å²) in [5.74, 6) is -4.82. The van der Waals surface area contributed by atoms with Crippen molar-refractivity contribution in [3.05, 3.63) is 29.6 Å². The topological polar surface area (TPSA) is 64.4 Å². The van der Waals surface area contributed by atoms with Gasteiger partial charge in [-0.25, -0.2) is 13.2 Å². The van der Waals surface area contributed by atoms with Gasteiger partial charge in [0.15, 0.2) is 17.5 Å². The Morgan fingerprint density at radius 1 is 1.32 bits per heavy atom. The van der Waals surface area contributed by atoms with E-state index in [9.17, 15) is 18.0 Å². The van der Waals surface area contributed by atoms with Crippen LogP contribution in [0.4, 0.5) is 18.9 Å². The highest BCUT2D eigenvalue weighted by Crippen LogP contribution is 2.22. The van der Waals surface area contributed by atoms with Gasteiger partial charge in [-0.3, -0.25) is 4.79 Å². The smallest absolute Gasteiger partial charge is 0.253 e. The molecule has 0 aromatic heterocycles. The maximum Gasteiger partial charge on any atom is 0.253 e. The van der Waals surface area contributed by atoms with Crippen molar-refractivity contribution in [1.29, 1.82) is 0 Å². The number of amides is 1. The lowest BCUT2D eigenvalue weighted by molar-refractivity contribution is -0.126. The van der Waals surface area contributed by atoms with E-state index in [1.807, 2.05) is 0 Å². The van der Waals surface area contributed by atoms with Crippen LogP contribution in [0.2, 0.25) is 0 Å². The molecule has 0 spiro atoms. The van der Waals surface area contributed by atoms with Gasteiger partial charge in [-0.15, -0.1) is 0 Å². The molecule has 1 aromatic rings. The van der Waals surface area contributed by atoms with Gasteiger partial charge in [-0.1, -0.05) is 0 Å². The Morgan fingerprint density at radius 3 is 2.47 bits per heavy atom. The summed E-state index contributed by atoms with van der Waals surface area (Å²) < 4.78 is 44.0. The van der Waals surface area contributed by atoms with Gasteiger partial charge in [0, 0.05) is 24.4 Å². The second-order valence-corrected chi connectivity index (χ2v) is 4.30. The fraction of sp³-hybridized carbons (Fsp3) is 0.417. The highest BCUT2D eigenvalue weighted by atomic mass is 19.2. The van der Waals surface area contributed by atoms with Gasteiger partial charge in [0.2, 0.25) is 0 Å². The lowest BCUT2D eigenvalue weighted by Gasteiger charge is -2.13. The molecule has 2 rings (SSSR count). The summed E-state index contributed by atoms with van der Waals surface area (Å²) in [5, 5.41) is 2.29. The second-order valence-electron chi connectivity index (χ2n) is 4.30. The third-order valence-electron chi connectivity index (χ3n) is 2.91. The summed E-state index contributed by atoms with van der Waals surface area (Å²) in [5.41, 5.74) is 5.26. The Labute approximate surface area is 107 Å². The SMILES string of the molecule is NCC1CCC(C(=O)Nc2cc(F)c(F)c(F)c2)O1. The fourth-order valence-corrected chi connectivity index (χ4v) is 1.92. The lowest BCUT2D eigenvalue weighted by atomic mass is 10.2. The van der Waals surface area contributed by atoms with Crippen molar-refractivity contribution in [2.75, 3.05) is 11.9 Å². The Kier molecular flexibility index (Phi) is 4.06. The van der Waals surface area contributed by atoms with Crippen LogP contribution in [0, 0.1) is 17.5 Å². The van der Waals surface area contributed by atoms with Crippen LogP contribution in [0.15, 0.2) is 12.1 Å². The van der Waals surface area contributed by atoms with E-state index in [-0.39, 0.29) is 11.8 Å². The van der Waals surface area contributed by atoms with E-state index in [2.05, 4.69) is 5.32 Å². The third kappa shape index (κ3) is 3.05. The van der Waals surface area contributed by atoms with Crippen molar-refractivity contribution < 1.29 is 22.7 Å². The number of nitrogens with one attached hydrogen (secondary N) is 1. The zero-order valence-corrected chi connectivity index (χ0v) is 9.96. The van der Waals surface area contributed by atoms with Crippen LogP contribution in [0.25, 0.3) is 0 Å². The summed E-state index contributed by atoms with van der Waals surface area (Å²) in [7, 11) is 0. The molecule has 0 radical (unpaired) electrons. The number of benzene rings is 1. The quantitative estimate of drug-likeness (QED) is 0.822. The number of carbonyl (C=O) groups excluding carboxylic acids is 1. The number of carbonyl (C=O) groups is 1. The molecule has 0 bridgehead atoms. The zero-order chi connectivity index (χ0) is 14.0. The van der Waals surface area contributed by atoms with Gasteiger partial charge in [-0.2, -0.15) is 0 Å². The van der Waals surface area contributed by atoms with Gasteiger partial charge in [-0.05, 0) is 12.8 Å². The highest BCUT2D eigenvalue weighted by molar-refractivity contribution is 5.94. The molecule has 2 atom stereocenters. The van der Waals surface area contributed by atoms with Gasteiger partial charge in [0.25, 0.3) is 5.91 Å². The molecule has 0 aliphatic carbocycles. The fourth-order valence-electron chi connectivity index (χ4n) is 1.92. The Hall–Kier alpha value is -1.60. The first kappa shape index (κ1) is 13.8. The predicted molar refractivity (Wildman–Crippen MR) is 61.9 cm³/mol. The van der Waals surface area contributed by atoms with E-state index in [0.29, 0.717) is 31.5 Å². The normalized spacial score (nSPS) is 22.5. The average Bonchev–Trinajstić information content (AvgIpc) is 2.84. The van der Waals surface area contributed by atoms with Crippen molar-refractivity contribution in [3.8, 4) is 0 Å². The minimum absolute atomic E-state index is 0.152. The van der Waals surface area contributed by atoms with Crippen LogP contribution in [0.1, 0.15) is 12.8 Å². The summed E-state index contributed by atoms with van der Waals surface area (Å²) in [6.45, 7) is 0.309. The molecule has 1 saturated heterocycles. The average molecular weight is 274 g/mol. The first-order valence-electron chi connectivity index (χ1n) is 5.82. The number of hydrogen-bond donors (Lipinski definition) is 2. The van der Waals surface area contributed by atoms with Crippen LogP contribution in [0.3, 0.4) is 0 Å². The van der Waals surface area contributed by atoms with Crippen molar-refractivity contribution in [2.45, 2.75) is 25.0 Å². The first-order valence-corrected chi connectivity index (χ1v) is 5.82. The molecule has 1 heterocycles. The number of ether oxygens (including phenoxy) is 1. The van der Waals surface area contributed by atoms with E-state index >= 15 is 0 Å². The molecule has 1 amide bonds. The minimum Gasteiger partial charge on any atom is -0.364 e. The van der Waals surface area contributed by atoms with Gasteiger partial charge >= 0.3 is 0 Å². The largest absolute Gasteiger partial charge is 0.364 e. The van der Waals surface area contributed by atoms with Crippen LogP contribution >= 0.6 is 0 Å². The molecule has 3 N–H and O–H groups in total. The van der Waals surface area contributed by atoms with Crippen molar-refractivity contribution >= 4 is 11.6 Å². The summed E-state index contributed by atoms with van der Waals surface area (Å²) in [6.07, 6.45) is 0.253. The summed E-state index contributed by atoms with van der Waals surface area (Å²) >= 11 is 0.